The highest BCUT2D eigenvalue weighted by Crippen LogP contribution is 2.30. The van der Waals surface area contributed by atoms with Crippen LogP contribution in [0.4, 0.5) is 0 Å². The van der Waals surface area contributed by atoms with Crippen molar-refractivity contribution in [2.24, 2.45) is 7.05 Å². The maximum atomic E-state index is 9.36. The Balaban J connectivity index is 0.00000145. The Kier molecular flexibility index (Phi) is 8.21. The number of pyridine rings is 1. The van der Waals surface area contributed by atoms with Gasteiger partial charge in [0.25, 0.3) is 0 Å². The molecule has 0 saturated heterocycles. The summed E-state index contributed by atoms with van der Waals surface area (Å²) in [5, 5.41) is 19.3. The summed E-state index contributed by atoms with van der Waals surface area (Å²) in [6.45, 7) is 8.00. The molecule has 29 heavy (non-hydrogen) atoms. The Labute approximate surface area is 170 Å². The van der Waals surface area contributed by atoms with E-state index in [-0.39, 0.29) is 19.8 Å². The van der Waals surface area contributed by atoms with Crippen LogP contribution < -0.4 is 0 Å². The van der Waals surface area contributed by atoms with Crippen LogP contribution >= 0.6 is 0 Å². The molecule has 0 aliphatic carbocycles. The van der Waals surface area contributed by atoms with E-state index in [1.165, 1.54) is 0 Å². The van der Waals surface area contributed by atoms with Crippen molar-refractivity contribution in [1.29, 1.82) is 0 Å². The average molecular weight is 399 g/mol. The number of aromatic nitrogens is 3. The summed E-state index contributed by atoms with van der Waals surface area (Å²) in [6.07, 6.45) is 4.87. The number of ether oxygens (including phenoxy) is 2. The van der Waals surface area contributed by atoms with Gasteiger partial charge < -0.3 is 29.2 Å². The Bertz CT molecular complexity index is 925. The van der Waals surface area contributed by atoms with Gasteiger partial charge in [-0.1, -0.05) is 0 Å². The third kappa shape index (κ3) is 5.35. The summed E-state index contributed by atoms with van der Waals surface area (Å²) >= 11 is 0. The van der Waals surface area contributed by atoms with Crippen molar-refractivity contribution in [2.45, 2.75) is 13.0 Å². The molecule has 0 fully saturated rings. The SMILES string of the molecule is C=C.CO/C(=C/c1c(C)c(-c2cc3cccnc3[nH]2)cn1C)COCC(O)CO. The van der Waals surface area contributed by atoms with Gasteiger partial charge in [0, 0.05) is 47.9 Å². The van der Waals surface area contributed by atoms with Gasteiger partial charge in [-0.3, -0.25) is 0 Å². The van der Waals surface area contributed by atoms with E-state index in [0.717, 1.165) is 33.5 Å². The van der Waals surface area contributed by atoms with Crippen LogP contribution in [-0.2, 0) is 16.5 Å². The monoisotopic (exact) mass is 399 g/mol. The van der Waals surface area contributed by atoms with Crippen molar-refractivity contribution in [3.8, 4) is 11.3 Å². The van der Waals surface area contributed by atoms with Gasteiger partial charge in [-0.15, -0.1) is 13.2 Å². The summed E-state index contributed by atoms with van der Waals surface area (Å²) in [5.41, 5.74) is 5.07. The molecule has 1 atom stereocenters. The predicted molar refractivity (Wildman–Crippen MR) is 115 cm³/mol. The fourth-order valence-electron chi connectivity index (χ4n) is 3.01. The van der Waals surface area contributed by atoms with Crippen molar-refractivity contribution in [1.82, 2.24) is 14.5 Å². The van der Waals surface area contributed by atoms with Crippen LogP contribution in [0.2, 0.25) is 0 Å². The minimum absolute atomic E-state index is 0.0522. The van der Waals surface area contributed by atoms with Crippen molar-refractivity contribution < 1.29 is 19.7 Å². The van der Waals surface area contributed by atoms with Gasteiger partial charge in [0.1, 0.15) is 24.1 Å². The molecule has 3 aromatic rings. The lowest BCUT2D eigenvalue weighted by Crippen LogP contribution is -2.20. The Morgan fingerprint density at radius 3 is 2.83 bits per heavy atom. The molecule has 7 heteroatoms. The summed E-state index contributed by atoms with van der Waals surface area (Å²) in [5.74, 6) is 0.634. The first kappa shape index (κ1) is 22.4. The molecule has 0 aromatic carbocycles. The van der Waals surface area contributed by atoms with Crippen molar-refractivity contribution in [3.63, 3.8) is 0 Å². The Morgan fingerprint density at radius 2 is 2.17 bits per heavy atom. The molecule has 7 nitrogen and oxygen atoms in total. The molecule has 0 aliphatic heterocycles. The Hall–Kier alpha value is -2.87. The molecule has 1 unspecified atom stereocenters. The molecule has 3 N–H and O–H groups in total. The van der Waals surface area contributed by atoms with Gasteiger partial charge in [-0.05, 0) is 30.7 Å². The lowest BCUT2D eigenvalue weighted by atomic mass is 10.1. The molecule has 0 radical (unpaired) electrons. The maximum absolute atomic E-state index is 9.36. The number of aromatic amines is 1. The molecule has 0 saturated carbocycles. The second-order valence-corrected chi connectivity index (χ2v) is 6.45. The average Bonchev–Trinajstić information content (AvgIpc) is 3.29. The van der Waals surface area contributed by atoms with Crippen molar-refractivity contribution in [2.75, 3.05) is 26.9 Å². The van der Waals surface area contributed by atoms with Crippen LogP contribution in [0.5, 0.6) is 0 Å². The van der Waals surface area contributed by atoms with Gasteiger partial charge in [0.15, 0.2) is 0 Å². The molecule has 0 bridgehead atoms. The second kappa shape index (κ2) is 10.6. The van der Waals surface area contributed by atoms with Crippen molar-refractivity contribution >= 4 is 17.1 Å². The largest absolute Gasteiger partial charge is 0.499 e. The van der Waals surface area contributed by atoms with E-state index in [9.17, 15) is 5.11 Å². The predicted octanol–water partition coefficient (Wildman–Crippen LogP) is 3.04. The number of fused-ring (bicyclic) bond motifs is 1. The number of aliphatic hydroxyl groups excluding tert-OH is 2. The van der Waals surface area contributed by atoms with E-state index < -0.39 is 6.10 Å². The molecule has 0 spiro atoms. The number of hydrogen-bond acceptors (Lipinski definition) is 5. The lowest BCUT2D eigenvalue weighted by Gasteiger charge is -2.11. The maximum Gasteiger partial charge on any atom is 0.137 e. The first-order chi connectivity index (χ1) is 14.0. The van der Waals surface area contributed by atoms with E-state index in [2.05, 4.69) is 42.3 Å². The Morgan fingerprint density at radius 1 is 1.41 bits per heavy atom. The first-order valence-corrected chi connectivity index (χ1v) is 9.24. The van der Waals surface area contributed by atoms with Crippen LogP contribution in [0.25, 0.3) is 28.4 Å². The summed E-state index contributed by atoms with van der Waals surface area (Å²) in [7, 11) is 3.56. The number of hydrogen-bond donors (Lipinski definition) is 3. The number of aryl methyl sites for hydroxylation is 1. The number of nitrogens with zero attached hydrogens (tertiary/aromatic N) is 2. The normalized spacial score (nSPS) is 12.5. The zero-order valence-corrected chi connectivity index (χ0v) is 17.2. The fraction of sp³-hybridized carbons (Fsp3) is 0.318. The van der Waals surface area contributed by atoms with Crippen molar-refractivity contribution in [3.05, 3.63) is 60.8 Å². The number of nitrogens with one attached hydrogen (secondary N) is 1. The molecule has 3 heterocycles. The van der Waals surface area contributed by atoms with Gasteiger partial charge in [0.2, 0.25) is 0 Å². The highest BCUT2D eigenvalue weighted by molar-refractivity contribution is 5.84. The van der Waals surface area contributed by atoms with E-state index in [1.807, 2.05) is 29.8 Å². The minimum atomic E-state index is -0.887. The van der Waals surface area contributed by atoms with E-state index >= 15 is 0 Å². The fourth-order valence-corrected chi connectivity index (χ4v) is 3.01. The van der Waals surface area contributed by atoms with Gasteiger partial charge in [-0.2, -0.15) is 0 Å². The van der Waals surface area contributed by atoms with Crippen LogP contribution in [0, 0.1) is 6.92 Å². The number of rotatable bonds is 8. The van der Waals surface area contributed by atoms with E-state index in [4.69, 9.17) is 14.6 Å². The summed E-state index contributed by atoms with van der Waals surface area (Å²) < 4.78 is 12.8. The standard InChI is InChI=1S/C20H25N3O4.C2H4/c1-13-17(18-7-14-5-4-6-21-20(14)22-18)9-23(2)19(13)8-16(26-3)12-27-11-15(25)10-24;1-2/h4-9,15,24-25H,10-12H2,1-3H3,(H,21,22);1-2H2/b16-8+;. The van der Waals surface area contributed by atoms with Crippen LogP contribution in [0.1, 0.15) is 11.3 Å². The quantitative estimate of drug-likeness (QED) is 0.400. The molecule has 3 aromatic heterocycles. The molecule has 3 rings (SSSR count). The lowest BCUT2D eigenvalue weighted by molar-refractivity contribution is 0.00511. The zero-order valence-electron chi connectivity index (χ0n) is 17.2. The smallest absolute Gasteiger partial charge is 0.137 e. The highest BCUT2D eigenvalue weighted by Gasteiger charge is 2.14. The molecular formula is C22H29N3O4. The zero-order chi connectivity index (χ0) is 21.4. The third-order valence-electron chi connectivity index (χ3n) is 4.50. The summed E-state index contributed by atoms with van der Waals surface area (Å²) in [6, 6.07) is 6.04. The van der Waals surface area contributed by atoms with Crippen LogP contribution in [0.3, 0.4) is 0 Å². The number of H-pyrrole nitrogens is 1. The van der Waals surface area contributed by atoms with E-state index in [1.54, 1.807) is 13.3 Å². The topological polar surface area (TPSA) is 92.5 Å². The van der Waals surface area contributed by atoms with E-state index in [0.29, 0.717) is 5.76 Å². The molecular weight excluding hydrogens is 370 g/mol. The molecule has 156 valence electrons. The van der Waals surface area contributed by atoms with Gasteiger partial charge in [-0.25, -0.2) is 4.98 Å². The summed E-state index contributed by atoms with van der Waals surface area (Å²) in [4.78, 5) is 7.71. The van der Waals surface area contributed by atoms with Gasteiger partial charge in [0.05, 0.1) is 20.3 Å². The first-order valence-electron chi connectivity index (χ1n) is 9.24. The number of aliphatic hydroxyl groups is 2. The molecule has 0 aliphatic rings. The molecule has 0 amide bonds. The number of methoxy groups -OCH3 is 1. The van der Waals surface area contributed by atoms with Gasteiger partial charge >= 0.3 is 0 Å². The van der Waals surface area contributed by atoms with Crippen LogP contribution in [-0.4, -0.2) is 57.8 Å². The minimum Gasteiger partial charge on any atom is -0.499 e. The van der Waals surface area contributed by atoms with Crippen LogP contribution in [0.15, 0.2) is 49.5 Å². The second-order valence-electron chi connectivity index (χ2n) is 6.45. The highest BCUT2D eigenvalue weighted by atomic mass is 16.5. The third-order valence-corrected chi connectivity index (χ3v) is 4.50.